The number of hydrogen-bond acceptors (Lipinski definition) is 3. The van der Waals surface area contributed by atoms with Gasteiger partial charge in [-0.15, -0.1) is 6.58 Å². The summed E-state index contributed by atoms with van der Waals surface area (Å²) in [5, 5.41) is 5.12. The molecule has 0 saturated carbocycles. The second-order valence-electron chi connectivity index (χ2n) is 3.73. The first-order chi connectivity index (χ1) is 6.94. The average molecular weight is 214 g/mol. The van der Waals surface area contributed by atoms with Crippen molar-refractivity contribution < 1.29 is 14.3 Å². The average Bonchev–Trinajstić information content (AvgIpc) is 2.22. The molecule has 15 heavy (non-hydrogen) atoms. The van der Waals surface area contributed by atoms with Crippen molar-refractivity contribution in [3.8, 4) is 0 Å². The number of urea groups is 1. The van der Waals surface area contributed by atoms with Crippen LogP contribution in [0.15, 0.2) is 12.7 Å². The van der Waals surface area contributed by atoms with E-state index in [1.54, 1.807) is 19.9 Å². The minimum Gasteiger partial charge on any atom is -0.469 e. The topological polar surface area (TPSA) is 67.4 Å². The SMILES string of the molecule is C=CCNC(=O)NCC(C)(C)C(=O)OC. The number of hydrogen-bond donors (Lipinski definition) is 2. The molecule has 0 aromatic rings. The Morgan fingerprint density at radius 3 is 2.47 bits per heavy atom. The molecule has 0 saturated heterocycles. The van der Waals surface area contributed by atoms with E-state index in [2.05, 4.69) is 21.9 Å². The number of nitrogens with one attached hydrogen (secondary N) is 2. The van der Waals surface area contributed by atoms with Gasteiger partial charge in [0.15, 0.2) is 0 Å². The van der Waals surface area contributed by atoms with Crippen LogP contribution in [0.5, 0.6) is 0 Å². The Morgan fingerprint density at radius 2 is 2.00 bits per heavy atom. The molecular weight excluding hydrogens is 196 g/mol. The van der Waals surface area contributed by atoms with E-state index in [-0.39, 0.29) is 18.5 Å². The standard InChI is InChI=1S/C10H18N2O3/c1-5-6-11-9(14)12-7-10(2,3)8(13)15-4/h5H,1,6-7H2,2-4H3,(H2,11,12,14). The Labute approximate surface area is 89.9 Å². The van der Waals surface area contributed by atoms with Crippen LogP contribution in [-0.2, 0) is 9.53 Å². The van der Waals surface area contributed by atoms with Crippen LogP contribution in [0.4, 0.5) is 4.79 Å². The molecule has 5 heteroatoms. The van der Waals surface area contributed by atoms with Crippen LogP contribution < -0.4 is 10.6 Å². The molecule has 0 aliphatic carbocycles. The van der Waals surface area contributed by atoms with E-state index in [1.165, 1.54) is 7.11 Å². The highest BCUT2D eigenvalue weighted by Gasteiger charge is 2.28. The van der Waals surface area contributed by atoms with Crippen molar-refractivity contribution >= 4 is 12.0 Å². The Balaban J connectivity index is 3.97. The zero-order valence-electron chi connectivity index (χ0n) is 9.42. The van der Waals surface area contributed by atoms with Gasteiger partial charge in [0.2, 0.25) is 0 Å². The van der Waals surface area contributed by atoms with Gasteiger partial charge in [0.05, 0.1) is 12.5 Å². The van der Waals surface area contributed by atoms with E-state index in [9.17, 15) is 9.59 Å². The minimum atomic E-state index is -0.722. The number of ether oxygens (including phenoxy) is 1. The molecule has 5 nitrogen and oxygen atoms in total. The lowest BCUT2D eigenvalue weighted by Gasteiger charge is -2.21. The second-order valence-corrected chi connectivity index (χ2v) is 3.73. The molecule has 2 N–H and O–H groups in total. The lowest BCUT2D eigenvalue weighted by atomic mass is 9.94. The van der Waals surface area contributed by atoms with Gasteiger partial charge in [-0.25, -0.2) is 4.79 Å². The molecule has 0 rings (SSSR count). The molecule has 0 fully saturated rings. The van der Waals surface area contributed by atoms with Crippen molar-refractivity contribution in [1.82, 2.24) is 10.6 Å². The summed E-state index contributed by atoms with van der Waals surface area (Å²) < 4.78 is 4.60. The molecule has 2 amide bonds. The first-order valence-corrected chi connectivity index (χ1v) is 4.65. The number of amides is 2. The number of rotatable bonds is 5. The molecule has 0 aliphatic rings. The summed E-state index contributed by atoms with van der Waals surface area (Å²) in [5.41, 5.74) is -0.722. The van der Waals surface area contributed by atoms with Crippen molar-refractivity contribution in [1.29, 1.82) is 0 Å². The van der Waals surface area contributed by atoms with E-state index >= 15 is 0 Å². The van der Waals surface area contributed by atoms with Gasteiger partial charge in [0.1, 0.15) is 0 Å². The maximum absolute atomic E-state index is 11.3. The Morgan fingerprint density at radius 1 is 1.40 bits per heavy atom. The number of methoxy groups -OCH3 is 1. The third-order valence-corrected chi connectivity index (χ3v) is 1.84. The van der Waals surface area contributed by atoms with Crippen molar-refractivity contribution in [3.63, 3.8) is 0 Å². The van der Waals surface area contributed by atoms with Crippen LogP contribution in [0.2, 0.25) is 0 Å². The second kappa shape index (κ2) is 6.06. The lowest BCUT2D eigenvalue weighted by molar-refractivity contribution is -0.150. The van der Waals surface area contributed by atoms with Crippen LogP contribution in [0.3, 0.4) is 0 Å². The van der Waals surface area contributed by atoms with E-state index in [4.69, 9.17) is 0 Å². The highest BCUT2D eigenvalue weighted by Crippen LogP contribution is 2.14. The molecule has 0 unspecified atom stereocenters. The zero-order chi connectivity index (χ0) is 11.9. The molecule has 0 spiro atoms. The molecule has 0 aromatic carbocycles. The van der Waals surface area contributed by atoms with Gasteiger partial charge in [-0.1, -0.05) is 6.08 Å². The van der Waals surface area contributed by atoms with Crippen molar-refractivity contribution in [2.75, 3.05) is 20.2 Å². The highest BCUT2D eigenvalue weighted by atomic mass is 16.5. The third-order valence-electron chi connectivity index (χ3n) is 1.84. The van der Waals surface area contributed by atoms with Gasteiger partial charge < -0.3 is 15.4 Å². The van der Waals surface area contributed by atoms with Crippen LogP contribution in [0.25, 0.3) is 0 Å². The maximum atomic E-state index is 11.3. The first kappa shape index (κ1) is 13.5. The molecule has 0 bridgehead atoms. The zero-order valence-corrected chi connectivity index (χ0v) is 9.42. The van der Waals surface area contributed by atoms with Crippen LogP contribution in [-0.4, -0.2) is 32.2 Å². The summed E-state index contributed by atoms with van der Waals surface area (Å²) in [6.45, 7) is 7.49. The molecular formula is C10H18N2O3. The number of carbonyl (C=O) groups excluding carboxylic acids is 2. The summed E-state index contributed by atoms with van der Waals surface area (Å²) in [6.07, 6.45) is 1.57. The van der Waals surface area contributed by atoms with E-state index in [0.717, 1.165) is 0 Å². The van der Waals surface area contributed by atoms with Gasteiger partial charge in [0.25, 0.3) is 0 Å². The summed E-state index contributed by atoms with van der Waals surface area (Å²) in [7, 11) is 1.32. The molecule has 0 aromatic heterocycles. The first-order valence-electron chi connectivity index (χ1n) is 4.65. The van der Waals surface area contributed by atoms with Gasteiger partial charge in [-0.2, -0.15) is 0 Å². The third kappa shape index (κ3) is 5.05. The predicted molar refractivity (Wildman–Crippen MR) is 57.4 cm³/mol. The van der Waals surface area contributed by atoms with Crippen molar-refractivity contribution in [2.45, 2.75) is 13.8 Å². The maximum Gasteiger partial charge on any atom is 0.315 e. The number of esters is 1. The van der Waals surface area contributed by atoms with E-state index < -0.39 is 5.41 Å². The summed E-state index contributed by atoms with van der Waals surface area (Å²) in [4.78, 5) is 22.4. The molecule has 0 aliphatic heterocycles. The van der Waals surface area contributed by atoms with Crippen molar-refractivity contribution in [3.05, 3.63) is 12.7 Å². The van der Waals surface area contributed by atoms with E-state index in [0.29, 0.717) is 6.54 Å². The van der Waals surface area contributed by atoms with Gasteiger partial charge in [-0.05, 0) is 13.8 Å². The lowest BCUT2D eigenvalue weighted by Crippen LogP contribution is -2.43. The van der Waals surface area contributed by atoms with Crippen LogP contribution in [0, 0.1) is 5.41 Å². The Hall–Kier alpha value is -1.52. The molecule has 0 heterocycles. The summed E-state index contributed by atoms with van der Waals surface area (Å²) in [5.74, 6) is -0.355. The fourth-order valence-corrected chi connectivity index (χ4v) is 0.877. The molecule has 0 radical (unpaired) electrons. The molecule has 86 valence electrons. The fourth-order valence-electron chi connectivity index (χ4n) is 0.877. The predicted octanol–water partition coefficient (Wildman–Crippen LogP) is 0.671. The summed E-state index contributed by atoms with van der Waals surface area (Å²) in [6, 6.07) is -0.327. The Bertz CT molecular complexity index is 249. The van der Waals surface area contributed by atoms with Gasteiger partial charge in [0, 0.05) is 13.1 Å². The van der Waals surface area contributed by atoms with Crippen molar-refractivity contribution in [2.24, 2.45) is 5.41 Å². The van der Waals surface area contributed by atoms with Gasteiger partial charge in [-0.3, -0.25) is 4.79 Å². The molecule has 0 atom stereocenters. The minimum absolute atomic E-state index is 0.225. The fraction of sp³-hybridized carbons (Fsp3) is 0.600. The van der Waals surface area contributed by atoms with Crippen LogP contribution >= 0.6 is 0 Å². The number of carbonyl (C=O) groups is 2. The van der Waals surface area contributed by atoms with E-state index in [1.807, 2.05) is 0 Å². The Kier molecular flexibility index (Phi) is 5.44. The monoisotopic (exact) mass is 214 g/mol. The van der Waals surface area contributed by atoms with Gasteiger partial charge >= 0.3 is 12.0 Å². The highest BCUT2D eigenvalue weighted by molar-refractivity contribution is 5.78. The summed E-state index contributed by atoms with van der Waals surface area (Å²) >= 11 is 0. The largest absolute Gasteiger partial charge is 0.469 e. The quantitative estimate of drug-likeness (QED) is 0.522. The smallest absolute Gasteiger partial charge is 0.315 e. The normalized spacial score (nSPS) is 10.3. The van der Waals surface area contributed by atoms with Crippen LogP contribution in [0.1, 0.15) is 13.8 Å².